The first-order chi connectivity index (χ1) is 16.3. The number of carboxylic acid groups (broad SMARTS) is 1. The van der Waals surface area contributed by atoms with Crippen molar-refractivity contribution in [3.05, 3.63) is 71.3 Å². The number of carbonyl (C=O) groups excluding carboxylic acids is 2. The molecule has 0 aromatic rings. The lowest BCUT2D eigenvalue weighted by Crippen LogP contribution is -2.21. The van der Waals surface area contributed by atoms with Crippen molar-refractivity contribution in [3.63, 3.8) is 0 Å². The molecule has 0 aromatic heterocycles. The van der Waals surface area contributed by atoms with Crippen LogP contribution in [0.1, 0.15) is 66.2 Å². The number of Topliss-reactive ketones (excluding diaryl/α,β-unsaturated/α-hetero) is 1. The Hall–Kier alpha value is -2.67. The highest BCUT2D eigenvalue weighted by molar-refractivity contribution is 9.11. The van der Waals surface area contributed by atoms with Gasteiger partial charge in [-0.15, -0.1) is 0 Å². The first kappa shape index (κ1) is 33.5. The summed E-state index contributed by atoms with van der Waals surface area (Å²) in [5.41, 5.74) is 5.09. The Morgan fingerprint density at radius 3 is 2.12 bits per heavy atom. The van der Waals surface area contributed by atoms with Crippen molar-refractivity contribution in [3.8, 4) is 0 Å². The largest absolute Gasteiger partial charge is 0.478 e. The van der Waals surface area contributed by atoms with E-state index in [1.54, 1.807) is 18.2 Å². The van der Waals surface area contributed by atoms with Gasteiger partial charge >= 0.3 is 12.1 Å². The van der Waals surface area contributed by atoms with Crippen molar-refractivity contribution < 1.29 is 24.2 Å². The number of primary amides is 1. The van der Waals surface area contributed by atoms with Crippen LogP contribution in [-0.2, 0) is 14.3 Å². The average molecular weight is 539 g/mol. The van der Waals surface area contributed by atoms with E-state index in [4.69, 9.17) is 15.6 Å². The maximum atomic E-state index is 12.2. The highest BCUT2D eigenvalue weighted by Gasteiger charge is 2.12. The summed E-state index contributed by atoms with van der Waals surface area (Å²) in [7, 11) is 0. The number of carboxylic acids is 1. The van der Waals surface area contributed by atoms with Gasteiger partial charge in [0.1, 0.15) is 11.9 Å². The Morgan fingerprint density at radius 2 is 1.56 bits per heavy atom. The molecule has 2 atom stereocenters. The highest BCUT2D eigenvalue weighted by atomic mass is 79.9. The van der Waals surface area contributed by atoms with Gasteiger partial charge in [-0.3, -0.25) is 4.79 Å². The van der Waals surface area contributed by atoms with Gasteiger partial charge in [0, 0.05) is 18.9 Å². The molecule has 6 nitrogen and oxygen atoms in total. The van der Waals surface area contributed by atoms with Crippen LogP contribution >= 0.6 is 15.9 Å². The molecule has 0 heterocycles. The van der Waals surface area contributed by atoms with Gasteiger partial charge in [0.25, 0.3) is 0 Å². The molecule has 7 heteroatoms. The van der Waals surface area contributed by atoms with Crippen molar-refractivity contribution in [2.75, 3.05) is 0 Å². The number of ketones is 1. The molecule has 0 bridgehead atoms. The van der Waals surface area contributed by atoms with Gasteiger partial charge in [-0.2, -0.15) is 0 Å². The molecule has 0 spiro atoms. The number of hydrogen-bond donors (Lipinski definition) is 2. The number of carbonyl (C=O) groups is 3. The molecule has 0 aliphatic carbocycles. The fraction of sp³-hybridized carbons (Fsp3) is 0.444. The lowest BCUT2D eigenvalue weighted by atomic mass is 10.00. The minimum absolute atomic E-state index is 0.191. The van der Waals surface area contributed by atoms with Crippen LogP contribution in [0.25, 0.3) is 0 Å². The molecule has 0 aromatic carbocycles. The van der Waals surface area contributed by atoms with E-state index < -0.39 is 12.1 Å². The van der Waals surface area contributed by atoms with Crippen LogP contribution in [0.2, 0.25) is 0 Å². The summed E-state index contributed by atoms with van der Waals surface area (Å²) in [6, 6.07) is 0. The number of rotatable bonds is 16. The van der Waals surface area contributed by atoms with Gasteiger partial charge in [0.05, 0.1) is 0 Å². The van der Waals surface area contributed by atoms with E-state index in [9.17, 15) is 14.4 Å². The Balaban J connectivity index is 0. The Labute approximate surface area is 213 Å². The smallest absolute Gasteiger partial charge is 0.405 e. The molecular weight excluding hydrogens is 498 g/mol. The van der Waals surface area contributed by atoms with Gasteiger partial charge in [-0.05, 0) is 42.2 Å². The average Bonchev–Trinajstić information content (AvgIpc) is 2.80. The molecule has 0 saturated heterocycles. The monoisotopic (exact) mass is 537 g/mol. The Morgan fingerprint density at radius 1 is 0.971 bits per heavy atom. The summed E-state index contributed by atoms with van der Waals surface area (Å²) >= 11 is 3.56. The van der Waals surface area contributed by atoms with Crippen LogP contribution in [0.3, 0.4) is 0 Å². The third kappa shape index (κ3) is 22.5. The quantitative estimate of drug-likeness (QED) is 0.123. The lowest BCUT2D eigenvalue weighted by Gasteiger charge is -2.13. The van der Waals surface area contributed by atoms with E-state index in [2.05, 4.69) is 22.9 Å². The molecule has 0 rings (SSSR count). The fourth-order valence-electron chi connectivity index (χ4n) is 2.54. The van der Waals surface area contributed by atoms with Crippen molar-refractivity contribution in [2.45, 2.75) is 72.3 Å². The van der Waals surface area contributed by atoms with Gasteiger partial charge in [0.15, 0.2) is 0 Å². The van der Waals surface area contributed by atoms with Gasteiger partial charge in [-0.25, -0.2) is 9.59 Å². The van der Waals surface area contributed by atoms with Crippen LogP contribution in [0.4, 0.5) is 4.79 Å². The summed E-state index contributed by atoms with van der Waals surface area (Å²) in [6.07, 6.45) is 21.5. The topological polar surface area (TPSA) is 107 Å². The molecule has 0 aliphatic rings. The number of amides is 1. The van der Waals surface area contributed by atoms with Crippen LogP contribution in [-0.4, -0.2) is 29.1 Å². The number of hydrogen-bond acceptors (Lipinski definition) is 4. The molecule has 0 aliphatic heterocycles. The molecule has 2 unspecified atom stereocenters. The highest BCUT2D eigenvalue weighted by Crippen LogP contribution is 2.23. The predicted octanol–water partition coefficient (Wildman–Crippen LogP) is 7.19. The van der Waals surface area contributed by atoms with Crippen LogP contribution in [0.5, 0.6) is 0 Å². The molecule has 0 radical (unpaired) electrons. The summed E-state index contributed by atoms with van der Waals surface area (Å²) in [6.45, 7) is 8.05. The second-order valence-electron chi connectivity index (χ2n) is 7.09. The molecule has 0 fully saturated rings. The first-order valence-corrected chi connectivity index (χ1v) is 12.5. The van der Waals surface area contributed by atoms with Crippen LogP contribution < -0.4 is 5.73 Å². The van der Waals surface area contributed by atoms with E-state index >= 15 is 0 Å². The Kier molecular flexibility index (Phi) is 23.1. The summed E-state index contributed by atoms with van der Waals surface area (Å²) < 4.78 is 6.05. The van der Waals surface area contributed by atoms with Crippen molar-refractivity contribution in [2.24, 2.45) is 11.7 Å². The second-order valence-corrected chi connectivity index (χ2v) is 8.00. The second kappa shape index (κ2) is 23.5. The fourth-order valence-corrected chi connectivity index (χ4v) is 2.92. The molecule has 3 N–H and O–H groups in total. The molecular formula is C27H40BrNO5. The maximum Gasteiger partial charge on any atom is 0.405 e. The minimum atomic E-state index is -0.979. The van der Waals surface area contributed by atoms with Gasteiger partial charge in [-0.1, -0.05) is 98.3 Å². The minimum Gasteiger partial charge on any atom is -0.478 e. The van der Waals surface area contributed by atoms with E-state index in [-0.39, 0.29) is 17.8 Å². The van der Waals surface area contributed by atoms with E-state index in [1.165, 1.54) is 6.08 Å². The number of ether oxygens (including phenoxy) is 1. The standard InChI is InChI=1S/C25H34BrNO5.C2H6/c1-3-4-14-22(32-25(27)31)15-12-13-21(28)19-18-20(2)23(26)16-10-8-6-5-7-9-11-17-24(29)30;1-2/h4-11,14,16-17,20,22H,3,12-13,15,18-19H2,1-2H3,(H2,27,31)(H,29,30);1-2H3/b6-5+,9-7+,10-8+,14-4+,17-11+,23-16-;. The van der Waals surface area contributed by atoms with Crippen molar-refractivity contribution in [1.29, 1.82) is 0 Å². The predicted molar refractivity (Wildman–Crippen MR) is 144 cm³/mol. The summed E-state index contributed by atoms with van der Waals surface area (Å²) in [5, 5.41) is 8.46. The van der Waals surface area contributed by atoms with Crippen LogP contribution in [0.15, 0.2) is 71.3 Å². The summed E-state index contributed by atoms with van der Waals surface area (Å²) in [4.78, 5) is 33.4. The molecule has 1 amide bonds. The molecule has 0 saturated carbocycles. The van der Waals surface area contributed by atoms with Crippen molar-refractivity contribution >= 4 is 33.8 Å². The van der Waals surface area contributed by atoms with E-state index in [1.807, 2.05) is 57.2 Å². The SMILES string of the molecule is CC.CC/C=C/C(CCCC(=O)CCC(C)/C(Br)=C/C=C/C=C/C=C/C=C/C(=O)O)OC(N)=O. The van der Waals surface area contributed by atoms with Gasteiger partial charge < -0.3 is 15.6 Å². The Bertz CT molecular complexity index is 763. The first-order valence-electron chi connectivity index (χ1n) is 11.7. The third-order valence-electron chi connectivity index (χ3n) is 4.29. The van der Waals surface area contributed by atoms with Crippen molar-refractivity contribution in [1.82, 2.24) is 0 Å². The molecule has 190 valence electrons. The zero-order valence-corrected chi connectivity index (χ0v) is 22.4. The van der Waals surface area contributed by atoms with Gasteiger partial charge in [0.2, 0.25) is 0 Å². The zero-order valence-electron chi connectivity index (χ0n) is 20.8. The lowest BCUT2D eigenvalue weighted by molar-refractivity contribution is -0.131. The molecule has 34 heavy (non-hydrogen) atoms. The third-order valence-corrected chi connectivity index (χ3v) is 5.33. The van der Waals surface area contributed by atoms with E-state index in [0.717, 1.165) is 23.4 Å². The number of nitrogens with two attached hydrogens (primary N) is 1. The normalized spacial score (nSPS) is 14.1. The number of aliphatic carboxylic acids is 1. The zero-order chi connectivity index (χ0) is 26.2. The summed E-state index contributed by atoms with van der Waals surface area (Å²) in [5.74, 6) is -0.573. The van der Waals surface area contributed by atoms with Crippen LogP contribution in [0, 0.1) is 5.92 Å². The maximum absolute atomic E-state index is 12.2. The number of halogens is 1. The van der Waals surface area contributed by atoms with E-state index in [0.29, 0.717) is 25.7 Å². The number of allylic oxidation sites excluding steroid dienone is 10.